The van der Waals surface area contributed by atoms with Crippen LogP contribution in [0.15, 0.2) is 39.5 Å². The van der Waals surface area contributed by atoms with E-state index in [1.165, 1.54) is 11.3 Å². The Bertz CT molecular complexity index is 853. The summed E-state index contributed by atoms with van der Waals surface area (Å²) in [6.45, 7) is 3.24. The molecule has 1 unspecified atom stereocenters. The van der Waals surface area contributed by atoms with Crippen LogP contribution < -0.4 is 10.6 Å². The van der Waals surface area contributed by atoms with Gasteiger partial charge in [0.05, 0.1) is 5.69 Å². The summed E-state index contributed by atoms with van der Waals surface area (Å²) in [7, 11) is 0. The van der Waals surface area contributed by atoms with Crippen molar-refractivity contribution in [2.75, 3.05) is 11.9 Å². The number of urea groups is 1. The Morgan fingerprint density at radius 3 is 2.76 bits per heavy atom. The maximum atomic E-state index is 12.7. The molecule has 2 heterocycles. The lowest BCUT2D eigenvalue weighted by atomic mass is 9.95. The second-order valence-corrected chi connectivity index (χ2v) is 7.62. The zero-order valence-corrected chi connectivity index (χ0v) is 16.0. The van der Waals surface area contributed by atoms with E-state index in [1.807, 2.05) is 29.8 Å². The van der Waals surface area contributed by atoms with E-state index in [4.69, 9.17) is 0 Å². The van der Waals surface area contributed by atoms with Gasteiger partial charge in [0.1, 0.15) is 12.1 Å². The van der Waals surface area contributed by atoms with Crippen LogP contribution in [0.25, 0.3) is 0 Å². The third-order valence-corrected chi connectivity index (χ3v) is 5.41. The predicted octanol–water partition coefficient (Wildman–Crippen LogP) is 3.22. The van der Waals surface area contributed by atoms with Crippen LogP contribution in [0.4, 0.5) is 10.5 Å². The molecule has 1 fully saturated rings. The Balaban J connectivity index is 1.73. The molecule has 1 saturated heterocycles. The Labute approximate surface area is 157 Å². The van der Waals surface area contributed by atoms with Crippen LogP contribution in [0.1, 0.15) is 18.1 Å². The lowest BCUT2D eigenvalue weighted by Crippen LogP contribution is -2.41. The number of amides is 4. The number of thiophene rings is 1. The Kier molecular flexibility index (Phi) is 4.66. The van der Waals surface area contributed by atoms with Gasteiger partial charge in [-0.25, -0.2) is 4.79 Å². The molecule has 0 radical (unpaired) electrons. The van der Waals surface area contributed by atoms with E-state index >= 15 is 0 Å². The number of anilines is 1. The van der Waals surface area contributed by atoms with E-state index in [9.17, 15) is 14.4 Å². The van der Waals surface area contributed by atoms with E-state index in [2.05, 4.69) is 26.6 Å². The molecule has 2 aromatic rings. The fourth-order valence-electron chi connectivity index (χ4n) is 2.64. The van der Waals surface area contributed by atoms with Gasteiger partial charge in [0, 0.05) is 4.47 Å². The van der Waals surface area contributed by atoms with E-state index in [0.717, 1.165) is 14.9 Å². The fourth-order valence-corrected chi connectivity index (χ4v) is 4.00. The normalized spacial score (nSPS) is 19.9. The molecule has 8 heteroatoms. The van der Waals surface area contributed by atoms with Crippen LogP contribution in [0.3, 0.4) is 0 Å². The number of carbonyl (C=O) groups is 3. The number of carbonyl (C=O) groups excluding carboxylic acids is 3. The molecule has 1 aliphatic rings. The van der Waals surface area contributed by atoms with Gasteiger partial charge in [0.15, 0.2) is 0 Å². The average Bonchev–Trinajstić information content (AvgIpc) is 3.15. The summed E-state index contributed by atoms with van der Waals surface area (Å²) in [4.78, 5) is 38.1. The Morgan fingerprint density at radius 2 is 2.12 bits per heavy atom. The smallest absolute Gasteiger partial charge is 0.323 e. The third-order valence-electron chi connectivity index (χ3n) is 4.07. The van der Waals surface area contributed by atoms with Crippen molar-refractivity contribution in [1.29, 1.82) is 0 Å². The van der Waals surface area contributed by atoms with Crippen molar-refractivity contribution in [3.63, 3.8) is 0 Å². The molecular weight excluding hydrogens is 406 g/mol. The Hall–Kier alpha value is -2.19. The highest BCUT2D eigenvalue weighted by molar-refractivity contribution is 9.10. The van der Waals surface area contributed by atoms with Crippen molar-refractivity contribution in [1.82, 2.24) is 10.2 Å². The first-order valence-electron chi connectivity index (χ1n) is 7.54. The van der Waals surface area contributed by atoms with Crippen molar-refractivity contribution >= 4 is 50.8 Å². The van der Waals surface area contributed by atoms with Crippen LogP contribution in [0.2, 0.25) is 0 Å². The standard InChI is InChI=1S/C17H16BrN3O3S/c1-10-3-4-13(12(18)7-10)19-14(22)8-21-15(23)17(2,20-16(21)24)11-5-6-25-9-11/h3-7,9H,8H2,1-2H3,(H,19,22)(H,20,24). The van der Waals surface area contributed by atoms with Gasteiger partial charge in [-0.3, -0.25) is 14.5 Å². The monoisotopic (exact) mass is 421 g/mol. The quantitative estimate of drug-likeness (QED) is 0.743. The minimum atomic E-state index is -1.14. The summed E-state index contributed by atoms with van der Waals surface area (Å²) < 4.78 is 0.737. The van der Waals surface area contributed by atoms with Gasteiger partial charge in [-0.05, 0) is 69.9 Å². The predicted molar refractivity (Wildman–Crippen MR) is 99.4 cm³/mol. The van der Waals surface area contributed by atoms with Crippen molar-refractivity contribution in [2.24, 2.45) is 0 Å². The van der Waals surface area contributed by atoms with Gasteiger partial charge in [0.25, 0.3) is 5.91 Å². The number of halogens is 1. The molecule has 1 aliphatic heterocycles. The second kappa shape index (κ2) is 6.61. The summed E-state index contributed by atoms with van der Waals surface area (Å²) in [5.74, 6) is -0.878. The zero-order chi connectivity index (χ0) is 18.2. The summed E-state index contributed by atoms with van der Waals surface area (Å²) in [6.07, 6.45) is 0. The highest BCUT2D eigenvalue weighted by atomic mass is 79.9. The topological polar surface area (TPSA) is 78.5 Å². The number of nitrogens with zero attached hydrogens (tertiary/aromatic N) is 1. The molecule has 1 aromatic carbocycles. The molecule has 0 saturated carbocycles. The summed E-state index contributed by atoms with van der Waals surface area (Å²) in [5.41, 5.74) is 1.20. The number of hydrogen-bond donors (Lipinski definition) is 2. The van der Waals surface area contributed by atoms with Gasteiger partial charge < -0.3 is 10.6 Å². The fraction of sp³-hybridized carbons (Fsp3) is 0.235. The van der Waals surface area contributed by atoms with Crippen LogP contribution in [-0.2, 0) is 15.1 Å². The van der Waals surface area contributed by atoms with Gasteiger partial charge in [-0.2, -0.15) is 11.3 Å². The molecule has 1 aromatic heterocycles. The summed E-state index contributed by atoms with van der Waals surface area (Å²) in [5, 5.41) is 9.03. The van der Waals surface area contributed by atoms with Gasteiger partial charge >= 0.3 is 6.03 Å². The number of nitrogens with one attached hydrogen (secondary N) is 2. The first-order valence-corrected chi connectivity index (χ1v) is 9.27. The van der Waals surface area contributed by atoms with E-state index in [-0.39, 0.29) is 6.54 Å². The average molecular weight is 422 g/mol. The number of benzene rings is 1. The Morgan fingerprint density at radius 1 is 1.36 bits per heavy atom. The first kappa shape index (κ1) is 17.6. The van der Waals surface area contributed by atoms with Gasteiger partial charge in [-0.15, -0.1) is 0 Å². The lowest BCUT2D eigenvalue weighted by Gasteiger charge is -2.20. The number of hydrogen-bond acceptors (Lipinski definition) is 4. The second-order valence-electron chi connectivity index (χ2n) is 5.99. The molecule has 3 rings (SSSR count). The summed E-state index contributed by atoms with van der Waals surface area (Å²) >= 11 is 4.82. The highest BCUT2D eigenvalue weighted by Crippen LogP contribution is 2.30. The SMILES string of the molecule is Cc1ccc(NC(=O)CN2C(=O)NC(C)(c3ccsc3)C2=O)c(Br)c1. The third kappa shape index (κ3) is 3.32. The van der Waals surface area contributed by atoms with Crippen LogP contribution in [0, 0.1) is 6.92 Å². The van der Waals surface area contributed by atoms with Crippen LogP contribution in [-0.4, -0.2) is 29.3 Å². The lowest BCUT2D eigenvalue weighted by molar-refractivity contribution is -0.133. The molecule has 1 atom stereocenters. The number of rotatable bonds is 4. The minimum absolute atomic E-state index is 0.343. The number of aryl methyl sites for hydroxylation is 1. The van der Waals surface area contributed by atoms with Crippen molar-refractivity contribution < 1.29 is 14.4 Å². The molecule has 6 nitrogen and oxygen atoms in total. The van der Waals surface area contributed by atoms with Gasteiger partial charge in [0.2, 0.25) is 5.91 Å². The highest BCUT2D eigenvalue weighted by Gasteiger charge is 2.49. The molecule has 25 heavy (non-hydrogen) atoms. The maximum absolute atomic E-state index is 12.7. The van der Waals surface area contributed by atoms with E-state index in [0.29, 0.717) is 11.3 Å². The molecule has 130 valence electrons. The van der Waals surface area contributed by atoms with Crippen molar-refractivity contribution in [3.8, 4) is 0 Å². The van der Waals surface area contributed by atoms with Crippen molar-refractivity contribution in [2.45, 2.75) is 19.4 Å². The molecule has 0 aliphatic carbocycles. The van der Waals surface area contributed by atoms with Crippen LogP contribution in [0.5, 0.6) is 0 Å². The molecule has 0 spiro atoms. The van der Waals surface area contributed by atoms with Gasteiger partial charge in [-0.1, -0.05) is 6.07 Å². The molecule has 4 amide bonds. The van der Waals surface area contributed by atoms with E-state index < -0.39 is 23.4 Å². The largest absolute Gasteiger partial charge is 0.325 e. The van der Waals surface area contributed by atoms with Crippen molar-refractivity contribution in [3.05, 3.63) is 50.6 Å². The molecular formula is C17H16BrN3O3S. The molecule has 2 N–H and O–H groups in total. The molecule has 0 bridgehead atoms. The van der Waals surface area contributed by atoms with Crippen LogP contribution >= 0.6 is 27.3 Å². The summed E-state index contributed by atoms with van der Waals surface area (Å²) in [6, 6.07) is 6.71. The minimum Gasteiger partial charge on any atom is -0.323 e. The maximum Gasteiger partial charge on any atom is 0.325 e. The number of imide groups is 1. The zero-order valence-electron chi connectivity index (χ0n) is 13.6. The van der Waals surface area contributed by atoms with E-state index in [1.54, 1.807) is 19.1 Å². The first-order chi connectivity index (χ1) is 11.8.